The molecule has 21 heavy (non-hydrogen) atoms. The molecule has 0 radical (unpaired) electrons. The topological polar surface area (TPSA) is 71.9 Å². The second kappa shape index (κ2) is 5.60. The summed E-state index contributed by atoms with van der Waals surface area (Å²) in [4.78, 5) is 7.86. The standard InChI is InChI=1S/C14H7Cl2N3O2/c15-5-9-13(16)18-7-19-14(9)21-12-8-3-1-2-4-10(8)20-11(12)6-17/h1-4,7H,5H2. The van der Waals surface area contributed by atoms with Crippen LogP contribution in [0.5, 0.6) is 11.6 Å². The lowest BCUT2D eigenvalue weighted by Crippen LogP contribution is -1.96. The summed E-state index contributed by atoms with van der Waals surface area (Å²) in [5, 5.41) is 10.1. The largest absolute Gasteiger partial charge is 0.442 e. The Hall–Kier alpha value is -2.29. The van der Waals surface area contributed by atoms with Gasteiger partial charge >= 0.3 is 0 Å². The molecule has 0 aliphatic heterocycles. The maximum Gasteiger partial charge on any atom is 0.247 e. The molecule has 0 saturated heterocycles. The van der Waals surface area contributed by atoms with E-state index in [1.54, 1.807) is 12.1 Å². The van der Waals surface area contributed by atoms with Crippen molar-refractivity contribution in [1.29, 1.82) is 5.26 Å². The van der Waals surface area contributed by atoms with Crippen LogP contribution in [0.15, 0.2) is 35.0 Å². The molecule has 0 fully saturated rings. The number of furan rings is 1. The van der Waals surface area contributed by atoms with Gasteiger partial charge in [0, 0.05) is 0 Å². The normalized spacial score (nSPS) is 10.5. The third-order valence-electron chi connectivity index (χ3n) is 2.84. The number of nitriles is 1. The monoisotopic (exact) mass is 319 g/mol. The number of fused-ring (bicyclic) bond motifs is 1. The number of para-hydroxylation sites is 1. The lowest BCUT2D eigenvalue weighted by Gasteiger charge is -2.07. The predicted octanol–water partition coefficient (Wildman–Crippen LogP) is 4.28. The van der Waals surface area contributed by atoms with Crippen LogP contribution in [0.4, 0.5) is 0 Å². The molecule has 0 bridgehead atoms. The van der Waals surface area contributed by atoms with Crippen LogP contribution in [0, 0.1) is 11.3 Å². The fraction of sp³-hybridized carbons (Fsp3) is 0.0714. The quantitative estimate of drug-likeness (QED) is 0.532. The first-order valence-electron chi connectivity index (χ1n) is 5.89. The first-order valence-corrected chi connectivity index (χ1v) is 6.80. The summed E-state index contributed by atoms with van der Waals surface area (Å²) in [6.45, 7) is 0. The van der Waals surface area contributed by atoms with Crippen molar-refractivity contribution in [2.75, 3.05) is 0 Å². The fourth-order valence-electron chi connectivity index (χ4n) is 1.87. The number of nitrogens with zero attached hydrogens (tertiary/aromatic N) is 3. The average Bonchev–Trinajstić information content (AvgIpc) is 2.86. The number of hydrogen-bond acceptors (Lipinski definition) is 5. The van der Waals surface area contributed by atoms with Crippen molar-refractivity contribution >= 4 is 34.2 Å². The van der Waals surface area contributed by atoms with Gasteiger partial charge in [0.2, 0.25) is 11.6 Å². The van der Waals surface area contributed by atoms with Gasteiger partial charge in [-0.15, -0.1) is 11.6 Å². The average molecular weight is 320 g/mol. The van der Waals surface area contributed by atoms with Gasteiger partial charge in [0.25, 0.3) is 0 Å². The van der Waals surface area contributed by atoms with Crippen LogP contribution in [0.3, 0.4) is 0 Å². The van der Waals surface area contributed by atoms with E-state index in [1.807, 2.05) is 18.2 Å². The summed E-state index contributed by atoms with van der Waals surface area (Å²) in [6.07, 6.45) is 1.27. The summed E-state index contributed by atoms with van der Waals surface area (Å²) >= 11 is 11.8. The second-order valence-corrected chi connectivity index (χ2v) is 4.68. The Kier molecular flexibility index (Phi) is 3.65. The van der Waals surface area contributed by atoms with Crippen molar-refractivity contribution < 1.29 is 9.15 Å². The smallest absolute Gasteiger partial charge is 0.247 e. The molecule has 104 valence electrons. The van der Waals surface area contributed by atoms with Crippen LogP contribution >= 0.6 is 23.2 Å². The number of rotatable bonds is 3. The molecule has 3 rings (SSSR count). The molecule has 0 N–H and O–H groups in total. The van der Waals surface area contributed by atoms with E-state index in [0.717, 1.165) is 0 Å². The van der Waals surface area contributed by atoms with Crippen molar-refractivity contribution in [3.05, 3.63) is 47.1 Å². The van der Waals surface area contributed by atoms with Gasteiger partial charge in [-0.25, -0.2) is 9.97 Å². The molecule has 2 heterocycles. The fourth-order valence-corrected chi connectivity index (χ4v) is 2.37. The number of aromatic nitrogens is 2. The predicted molar refractivity (Wildman–Crippen MR) is 77.6 cm³/mol. The molecule has 0 unspecified atom stereocenters. The van der Waals surface area contributed by atoms with Gasteiger partial charge in [-0.2, -0.15) is 5.26 Å². The lowest BCUT2D eigenvalue weighted by molar-refractivity contribution is 0.445. The Labute approximate surface area is 129 Å². The zero-order valence-corrected chi connectivity index (χ0v) is 12.0. The molecular weight excluding hydrogens is 313 g/mol. The molecule has 0 amide bonds. The minimum absolute atomic E-state index is 0.0615. The van der Waals surface area contributed by atoms with Crippen molar-refractivity contribution in [3.8, 4) is 17.7 Å². The third-order valence-corrected chi connectivity index (χ3v) is 3.43. The molecule has 7 heteroatoms. The van der Waals surface area contributed by atoms with Crippen molar-refractivity contribution in [1.82, 2.24) is 9.97 Å². The Bertz CT molecular complexity index is 855. The number of alkyl halides is 1. The Morgan fingerprint density at radius 1 is 1.29 bits per heavy atom. The van der Waals surface area contributed by atoms with Gasteiger partial charge in [0.05, 0.1) is 16.8 Å². The molecule has 3 aromatic rings. The summed E-state index contributed by atoms with van der Waals surface area (Å²) in [5.41, 5.74) is 1.01. The SMILES string of the molecule is N#Cc1oc2ccccc2c1Oc1ncnc(Cl)c1CCl. The van der Waals surface area contributed by atoms with Gasteiger partial charge in [-0.3, -0.25) is 0 Å². The van der Waals surface area contributed by atoms with Gasteiger partial charge in [-0.05, 0) is 12.1 Å². The minimum atomic E-state index is 0.0615. The molecule has 0 aliphatic carbocycles. The van der Waals surface area contributed by atoms with Crippen LogP contribution in [-0.2, 0) is 5.88 Å². The summed E-state index contributed by atoms with van der Waals surface area (Å²) in [6, 6.07) is 9.12. The highest BCUT2D eigenvalue weighted by molar-refractivity contribution is 6.31. The van der Waals surface area contributed by atoms with Crippen molar-refractivity contribution in [3.63, 3.8) is 0 Å². The van der Waals surface area contributed by atoms with Crippen LogP contribution in [0.25, 0.3) is 11.0 Å². The van der Waals surface area contributed by atoms with E-state index < -0.39 is 0 Å². The highest BCUT2D eigenvalue weighted by Gasteiger charge is 2.19. The van der Waals surface area contributed by atoms with Crippen molar-refractivity contribution in [2.45, 2.75) is 5.88 Å². The zero-order valence-electron chi connectivity index (χ0n) is 10.5. The second-order valence-electron chi connectivity index (χ2n) is 4.05. The first kappa shape index (κ1) is 13.7. The molecular formula is C14H7Cl2N3O2. The molecule has 0 spiro atoms. The maximum absolute atomic E-state index is 9.17. The van der Waals surface area contributed by atoms with E-state index in [-0.39, 0.29) is 28.4 Å². The number of ether oxygens (including phenoxy) is 1. The van der Waals surface area contributed by atoms with Crippen LogP contribution in [-0.4, -0.2) is 9.97 Å². The molecule has 2 aromatic heterocycles. The van der Waals surface area contributed by atoms with E-state index >= 15 is 0 Å². The van der Waals surface area contributed by atoms with Crippen LogP contribution < -0.4 is 4.74 Å². The van der Waals surface area contributed by atoms with Gasteiger partial charge in [0.15, 0.2) is 5.75 Å². The van der Waals surface area contributed by atoms with E-state index in [0.29, 0.717) is 16.5 Å². The first-order chi connectivity index (χ1) is 10.2. The van der Waals surface area contributed by atoms with Crippen molar-refractivity contribution in [2.24, 2.45) is 0 Å². The summed E-state index contributed by atoms with van der Waals surface area (Å²) < 4.78 is 11.1. The van der Waals surface area contributed by atoms with E-state index in [4.69, 9.17) is 37.6 Å². The third kappa shape index (κ3) is 2.40. The summed E-state index contributed by atoms with van der Waals surface area (Å²) in [7, 11) is 0. The molecule has 0 atom stereocenters. The molecule has 1 aromatic carbocycles. The van der Waals surface area contributed by atoms with Crippen LogP contribution in [0.1, 0.15) is 11.3 Å². The van der Waals surface area contributed by atoms with Crippen LogP contribution in [0.2, 0.25) is 5.15 Å². The zero-order chi connectivity index (χ0) is 14.8. The van der Waals surface area contributed by atoms with E-state index in [2.05, 4.69) is 9.97 Å². The number of hydrogen-bond donors (Lipinski definition) is 0. The van der Waals surface area contributed by atoms with Gasteiger partial charge in [-0.1, -0.05) is 23.7 Å². The minimum Gasteiger partial charge on any atom is -0.442 e. The molecule has 5 nitrogen and oxygen atoms in total. The lowest BCUT2D eigenvalue weighted by atomic mass is 10.2. The highest BCUT2D eigenvalue weighted by atomic mass is 35.5. The Morgan fingerprint density at radius 2 is 2.10 bits per heavy atom. The molecule has 0 aliphatic rings. The van der Waals surface area contributed by atoms with Gasteiger partial charge < -0.3 is 9.15 Å². The molecule has 0 saturated carbocycles. The van der Waals surface area contributed by atoms with Gasteiger partial charge in [0.1, 0.15) is 23.1 Å². The van der Waals surface area contributed by atoms with E-state index in [9.17, 15) is 0 Å². The number of benzene rings is 1. The Morgan fingerprint density at radius 3 is 2.86 bits per heavy atom. The highest BCUT2D eigenvalue weighted by Crippen LogP contribution is 2.37. The maximum atomic E-state index is 9.17. The Balaban J connectivity index is 2.15. The summed E-state index contributed by atoms with van der Waals surface area (Å²) in [5.74, 6) is 0.640. The van der Waals surface area contributed by atoms with E-state index in [1.165, 1.54) is 6.33 Å². The number of halogens is 2.